The van der Waals surface area contributed by atoms with Gasteiger partial charge >= 0.3 is 0 Å². The third-order valence-corrected chi connectivity index (χ3v) is 4.70. The van der Waals surface area contributed by atoms with Gasteiger partial charge in [0.25, 0.3) is 5.69 Å². The number of nitro groups is 1. The van der Waals surface area contributed by atoms with E-state index in [4.69, 9.17) is 10.5 Å². The monoisotopic (exact) mass is 373 g/mol. The van der Waals surface area contributed by atoms with Gasteiger partial charge in [0, 0.05) is 23.3 Å². The van der Waals surface area contributed by atoms with Gasteiger partial charge in [-0.2, -0.15) is 5.26 Å². The third kappa shape index (κ3) is 2.38. The van der Waals surface area contributed by atoms with Crippen LogP contribution in [0.4, 0.5) is 5.69 Å². The average Bonchev–Trinajstić information content (AvgIpc) is 2.71. The fourth-order valence-electron chi connectivity index (χ4n) is 3.46. The molecule has 0 aromatic heterocycles. The lowest BCUT2D eigenvalue weighted by atomic mass is 9.75. The first-order chi connectivity index (χ1) is 13.4. The van der Waals surface area contributed by atoms with Crippen molar-refractivity contribution in [2.75, 3.05) is 0 Å². The normalized spacial score (nSPS) is 18.2. The number of Topliss-reactive ketones (excluding diaryl/α,β-unsaturated/α-hetero) is 2. The number of nitrogens with zero attached hydrogens (tertiary/aromatic N) is 2. The molecule has 8 nitrogen and oxygen atoms in total. The SMILES string of the molecule is N#CC1=C(N)OC2=C(C(=O)c3ccccc3C2=O)[C@H]1c1cccc([N+](=O)[O-])c1. The van der Waals surface area contributed by atoms with E-state index in [1.54, 1.807) is 12.1 Å². The predicted octanol–water partition coefficient (Wildman–Crippen LogP) is 2.74. The molecule has 0 amide bonds. The average molecular weight is 373 g/mol. The zero-order valence-corrected chi connectivity index (χ0v) is 14.2. The van der Waals surface area contributed by atoms with Crippen LogP contribution >= 0.6 is 0 Å². The second-order valence-corrected chi connectivity index (χ2v) is 6.22. The van der Waals surface area contributed by atoms with Gasteiger partial charge in [0.15, 0.2) is 11.5 Å². The summed E-state index contributed by atoms with van der Waals surface area (Å²) in [5.41, 5.74) is 6.17. The van der Waals surface area contributed by atoms with Crippen molar-refractivity contribution in [2.24, 2.45) is 5.73 Å². The van der Waals surface area contributed by atoms with Crippen LogP contribution in [0.5, 0.6) is 0 Å². The van der Waals surface area contributed by atoms with E-state index in [0.717, 1.165) is 0 Å². The second kappa shape index (κ2) is 6.17. The molecule has 0 fully saturated rings. The number of rotatable bonds is 2. The summed E-state index contributed by atoms with van der Waals surface area (Å²) < 4.78 is 5.37. The van der Waals surface area contributed by atoms with Gasteiger partial charge in [-0.1, -0.05) is 36.4 Å². The number of ketones is 2. The number of hydrogen-bond donors (Lipinski definition) is 1. The Morgan fingerprint density at radius 3 is 2.39 bits per heavy atom. The highest BCUT2D eigenvalue weighted by molar-refractivity contribution is 6.27. The van der Waals surface area contributed by atoms with Crippen LogP contribution in [0.2, 0.25) is 0 Å². The minimum Gasteiger partial charge on any atom is -0.436 e. The molecule has 1 atom stereocenters. The number of nitrogens with two attached hydrogens (primary N) is 1. The number of fused-ring (bicyclic) bond motifs is 1. The van der Waals surface area contributed by atoms with Gasteiger partial charge in [0.2, 0.25) is 11.7 Å². The third-order valence-electron chi connectivity index (χ3n) is 4.70. The highest BCUT2D eigenvalue weighted by Gasteiger charge is 2.43. The lowest BCUT2D eigenvalue weighted by molar-refractivity contribution is -0.384. The summed E-state index contributed by atoms with van der Waals surface area (Å²) in [7, 11) is 0. The highest BCUT2D eigenvalue weighted by atomic mass is 16.6. The molecule has 28 heavy (non-hydrogen) atoms. The molecular formula is C20H11N3O5. The summed E-state index contributed by atoms with van der Waals surface area (Å²) >= 11 is 0. The fraction of sp³-hybridized carbons (Fsp3) is 0.0500. The number of non-ortho nitro benzene ring substituents is 1. The van der Waals surface area contributed by atoms with Gasteiger partial charge in [0.05, 0.1) is 16.4 Å². The van der Waals surface area contributed by atoms with Crippen molar-refractivity contribution in [1.29, 1.82) is 5.26 Å². The Kier molecular flexibility index (Phi) is 3.79. The van der Waals surface area contributed by atoms with Crippen molar-refractivity contribution in [3.05, 3.63) is 98.1 Å². The Morgan fingerprint density at radius 2 is 1.75 bits per heavy atom. The molecule has 0 saturated carbocycles. The Balaban J connectivity index is 1.98. The molecule has 1 heterocycles. The molecule has 2 N–H and O–H groups in total. The quantitative estimate of drug-likeness (QED) is 0.631. The van der Waals surface area contributed by atoms with Crippen molar-refractivity contribution in [2.45, 2.75) is 5.92 Å². The second-order valence-electron chi connectivity index (χ2n) is 6.22. The van der Waals surface area contributed by atoms with E-state index in [-0.39, 0.29) is 39.6 Å². The summed E-state index contributed by atoms with van der Waals surface area (Å²) in [6.45, 7) is 0. The van der Waals surface area contributed by atoms with E-state index >= 15 is 0 Å². The molecule has 0 radical (unpaired) electrons. The zero-order chi connectivity index (χ0) is 20.0. The van der Waals surface area contributed by atoms with Crippen LogP contribution in [-0.2, 0) is 4.74 Å². The van der Waals surface area contributed by atoms with Gasteiger partial charge in [-0.05, 0) is 5.56 Å². The Morgan fingerprint density at radius 1 is 1.07 bits per heavy atom. The predicted molar refractivity (Wildman–Crippen MR) is 95.9 cm³/mol. The van der Waals surface area contributed by atoms with Crippen LogP contribution in [0.1, 0.15) is 32.2 Å². The van der Waals surface area contributed by atoms with E-state index in [9.17, 15) is 25.0 Å². The standard InChI is InChI=1S/C20H11N3O5/c21-9-14-15(10-4-3-5-11(8-10)23(26)27)16-17(24)12-6-1-2-7-13(12)18(25)19(16)28-20(14)22/h1-8,15H,22H2/t15-/m0/s1. The Labute approximate surface area is 158 Å². The molecule has 2 aromatic carbocycles. The summed E-state index contributed by atoms with van der Waals surface area (Å²) in [6, 6.07) is 13.7. The first kappa shape index (κ1) is 17.2. The number of nitriles is 1. The molecule has 0 spiro atoms. The van der Waals surface area contributed by atoms with Crippen LogP contribution in [-0.4, -0.2) is 16.5 Å². The topological polar surface area (TPSA) is 136 Å². The maximum Gasteiger partial charge on any atom is 0.269 e. The molecule has 8 heteroatoms. The molecule has 136 valence electrons. The largest absolute Gasteiger partial charge is 0.436 e. The van der Waals surface area contributed by atoms with Crippen LogP contribution in [0, 0.1) is 21.4 Å². The number of nitro benzene ring substituents is 1. The summed E-state index contributed by atoms with van der Waals surface area (Å²) in [4.78, 5) is 36.6. The van der Waals surface area contributed by atoms with Gasteiger partial charge in [0.1, 0.15) is 11.6 Å². The molecule has 0 unspecified atom stereocenters. The lowest BCUT2D eigenvalue weighted by Crippen LogP contribution is -2.32. The van der Waals surface area contributed by atoms with E-state index in [1.807, 2.05) is 6.07 Å². The molecule has 0 bridgehead atoms. The Bertz CT molecular complexity index is 1190. The van der Waals surface area contributed by atoms with Crippen molar-refractivity contribution >= 4 is 17.3 Å². The molecule has 0 saturated heterocycles. The number of carbonyl (C=O) groups excluding carboxylic acids is 2. The molecule has 2 aromatic rings. The fourth-order valence-corrected chi connectivity index (χ4v) is 3.46. The van der Waals surface area contributed by atoms with Gasteiger partial charge < -0.3 is 10.5 Å². The lowest BCUT2D eigenvalue weighted by Gasteiger charge is -2.30. The molecule has 1 aliphatic carbocycles. The van der Waals surface area contributed by atoms with Crippen molar-refractivity contribution in [1.82, 2.24) is 0 Å². The minimum absolute atomic E-state index is 0.0463. The smallest absolute Gasteiger partial charge is 0.269 e. The Hall–Kier alpha value is -4.25. The maximum atomic E-state index is 13.2. The first-order valence-electron chi connectivity index (χ1n) is 8.18. The molecule has 2 aliphatic rings. The van der Waals surface area contributed by atoms with Gasteiger partial charge in [-0.15, -0.1) is 0 Å². The van der Waals surface area contributed by atoms with Gasteiger partial charge in [-0.25, -0.2) is 0 Å². The molecule has 4 rings (SSSR count). The van der Waals surface area contributed by atoms with E-state index in [0.29, 0.717) is 5.56 Å². The molecule has 1 aliphatic heterocycles. The maximum absolute atomic E-state index is 13.2. The van der Waals surface area contributed by atoms with Crippen molar-refractivity contribution < 1.29 is 19.2 Å². The van der Waals surface area contributed by atoms with E-state index < -0.39 is 22.4 Å². The van der Waals surface area contributed by atoms with Crippen LogP contribution in [0.3, 0.4) is 0 Å². The minimum atomic E-state index is -1.04. The van der Waals surface area contributed by atoms with E-state index in [2.05, 4.69) is 0 Å². The van der Waals surface area contributed by atoms with Crippen LogP contribution in [0.25, 0.3) is 0 Å². The van der Waals surface area contributed by atoms with Crippen molar-refractivity contribution in [3.8, 4) is 6.07 Å². The number of allylic oxidation sites excluding steroid dienone is 3. The number of ether oxygens (including phenoxy) is 1. The molecular weight excluding hydrogens is 362 g/mol. The number of hydrogen-bond acceptors (Lipinski definition) is 7. The zero-order valence-electron chi connectivity index (χ0n) is 14.2. The first-order valence-corrected chi connectivity index (χ1v) is 8.18. The summed E-state index contributed by atoms with van der Waals surface area (Å²) in [6.07, 6.45) is 0. The van der Waals surface area contributed by atoms with Crippen LogP contribution < -0.4 is 5.73 Å². The summed E-state index contributed by atoms with van der Waals surface area (Å²) in [5, 5.41) is 20.7. The van der Waals surface area contributed by atoms with E-state index in [1.165, 1.54) is 36.4 Å². The van der Waals surface area contributed by atoms with Crippen molar-refractivity contribution in [3.63, 3.8) is 0 Å². The summed E-state index contributed by atoms with van der Waals surface area (Å²) in [5.74, 6) is -2.61. The highest BCUT2D eigenvalue weighted by Crippen LogP contribution is 2.44. The van der Waals surface area contributed by atoms with Gasteiger partial charge in [-0.3, -0.25) is 19.7 Å². The van der Waals surface area contributed by atoms with Crippen LogP contribution in [0.15, 0.2) is 71.3 Å². The number of carbonyl (C=O) groups is 2. The number of benzene rings is 2.